The molecule has 0 saturated carbocycles. The van der Waals surface area contributed by atoms with Gasteiger partial charge in [0.2, 0.25) is 0 Å². The molecule has 15 nitrogen and oxygen atoms in total. The zero-order valence-electron chi connectivity index (χ0n) is 22.7. The molecule has 0 bridgehead atoms. The van der Waals surface area contributed by atoms with Crippen molar-refractivity contribution < 1.29 is 34.1 Å². The van der Waals surface area contributed by atoms with E-state index in [-0.39, 0.29) is 5.97 Å². The van der Waals surface area contributed by atoms with Gasteiger partial charge in [-0.05, 0) is 38.4 Å². The number of morpholine rings is 1. The average molecular weight is 576 g/mol. The Hall–Kier alpha value is -4.21. The van der Waals surface area contributed by atoms with Crippen molar-refractivity contribution in [3.8, 4) is 5.75 Å². The van der Waals surface area contributed by atoms with Crippen molar-refractivity contribution in [2.24, 2.45) is 0 Å². The predicted octanol–water partition coefficient (Wildman–Crippen LogP) is 3.03. The van der Waals surface area contributed by atoms with E-state index < -0.39 is 43.0 Å². The van der Waals surface area contributed by atoms with Crippen molar-refractivity contribution in [3.05, 3.63) is 78.4 Å². The van der Waals surface area contributed by atoms with Crippen LogP contribution < -0.4 is 0 Å². The van der Waals surface area contributed by atoms with Gasteiger partial charge < -0.3 is 19.5 Å². The average Bonchev–Trinajstić information content (AvgIpc) is 2.97. The number of phenols is 1. The van der Waals surface area contributed by atoms with Crippen molar-refractivity contribution in [1.29, 1.82) is 0 Å². The minimum Gasteiger partial charge on any atom is -0.497 e. The molecule has 0 radical (unpaired) electrons. The fraction of sp³-hybridized carbons (Fsp3) is 0.500. The Bertz CT molecular complexity index is 1190. The first-order valence-corrected chi connectivity index (χ1v) is 13.1. The lowest BCUT2D eigenvalue weighted by atomic mass is 9.72. The quantitative estimate of drug-likeness (QED) is 0.261. The summed E-state index contributed by atoms with van der Waals surface area (Å²) in [4.78, 5) is 45.5. The Balaban J connectivity index is 0.000000250. The molecule has 41 heavy (non-hydrogen) atoms. The Kier molecular flexibility index (Phi) is 11.0. The number of non-ortho nitro benzene ring substituents is 1. The Morgan fingerprint density at radius 3 is 1.88 bits per heavy atom. The van der Waals surface area contributed by atoms with Gasteiger partial charge in [0.1, 0.15) is 0 Å². The lowest BCUT2D eigenvalue weighted by Crippen LogP contribution is -2.50. The SMILES string of the molecule is CCOC(=O)C1(c2ccccc2)CCN(CCN2CCOCC2)CC1.O=[N+]([O-])c1cc([N+](=O)[O-])c(O)c([N+](=O)[O-])c1. The molecule has 0 aliphatic carbocycles. The van der Waals surface area contributed by atoms with Gasteiger partial charge in [0.05, 0.1) is 52.1 Å². The second-order valence-electron chi connectivity index (χ2n) is 9.57. The van der Waals surface area contributed by atoms with E-state index in [9.17, 15) is 35.1 Å². The molecule has 0 atom stereocenters. The number of carbonyl (C=O) groups is 1. The van der Waals surface area contributed by atoms with Crippen LogP contribution in [0.25, 0.3) is 0 Å². The molecule has 2 heterocycles. The number of hydrogen-bond acceptors (Lipinski definition) is 12. The maximum atomic E-state index is 12.8. The van der Waals surface area contributed by atoms with Gasteiger partial charge in [0.15, 0.2) is 0 Å². The summed E-state index contributed by atoms with van der Waals surface area (Å²) in [5.41, 5.74) is -2.38. The number of carbonyl (C=O) groups excluding carboxylic acids is 1. The largest absolute Gasteiger partial charge is 0.497 e. The van der Waals surface area contributed by atoms with Crippen LogP contribution in [0.15, 0.2) is 42.5 Å². The normalized spacial score (nSPS) is 17.1. The van der Waals surface area contributed by atoms with Crippen LogP contribution in [0.4, 0.5) is 17.1 Å². The zero-order valence-corrected chi connectivity index (χ0v) is 22.7. The molecule has 15 heteroatoms. The van der Waals surface area contributed by atoms with Crippen LogP contribution in [0.2, 0.25) is 0 Å². The van der Waals surface area contributed by atoms with Crippen molar-refractivity contribution in [2.75, 3.05) is 59.1 Å². The number of rotatable bonds is 9. The molecule has 4 rings (SSSR count). The van der Waals surface area contributed by atoms with E-state index >= 15 is 0 Å². The molecule has 1 N–H and O–H groups in total. The van der Waals surface area contributed by atoms with E-state index in [0.717, 1.165) is 70.9 Å². The second kappa shape index (κ2) is 14.4. The molecule has 2 aliphatic rings. The van der Waals surface area contributed by atoms with Gasteiger partial charge in [-0.1, -0.05) is 30.3 Å². The molecule has 0 aromatic heterocycles. The van der Waals surface area contributed by atoms with E-state index in [0.29, 0.717) is 18.7 Å². The topological polar surface area (TPSA) is 192 Å². The number of ether oxygens (including phenoxy) is 2. The summed E-state index contributed by atoms with van der Waals surface area (Å²) in [6.07, 6.45) is 1.66. The number of nitro benzene ring substituents is 3. The molecule has 0 unspecified atom stereocenters. The highest BCUT2D eigenvalue weighted by molar-refractivity contribution is 5.83. The fourth-order valence-electron chi connectivity index (χ4n) is 4.88. The standard InChI is InChI=1S/C20H30N2O3.C6H3N3O7/c1-2-25-19(23)20(18-6-4-3-5-7-18)8-10-21(11-9-20)12-13-22-14-16-24-17-15-22;10-6-4(8(13)14)1-3(7(11)12)2-5(6)9(15)16/h3-7H,2,8-17H2,1H3;1-2,10H. The highest BCUT2D eigenvalue weighted by Crippen LogP contribution is 2.39. The summed E-state index contributed by atoms with van der Waals surface area (Å²) in [5.74, 6) is -1.27. The molecule has 2 fully saturated rings. The highest BCUT2D eigenvalue weighted by Gasteiger charge is 2.44. The third kappa shape index (κ3) is 7.93. The van der Waals surface area contributed by atoms with Crippen LogP contribution in [0.3, 0.4) is 0 Å². The number of nitrogens with zero attached hydrogens (tertiary/aromatic N) is 5. The van der Waals surface area contributed by atoms with Crippen molar-refractivity contribution in [2.45, 2.75) is 25.2 Å². The molecular weight excluding hydrogens is 542 g/mol. The maximum Gasteiger partial charge on any atom is 0.324 e. The summed E-state index contributed by atoms with van der Waals surface area (Å²) in [6.45, 7) is 10.1. The minimum atomic E-state index is -1.21. The number of phenolic OH excluding ortho intramolecular Hbond substituents is 1. The van der Waals surface area contributed by atoms with Crippen LogP contribution in [0, 0.1) is 30.3 Å². The minimum absolute atomic E-state index is 0.0611. The number of likely N-dealkylation sites (tertiary alicyclic amines) is 1. The first-order valence-electron chi connectivity index (χ1n) is 13.1. The first-order chi connectivity index (χ1) is 19.6. The van der Waals surface area contributed by atoms with Crippen LogP contribution in [-0.4, -0.2) is 94.7 Å². The number of piperidine rings is 1. The molecule has 0 amide bonds. The third-order valence-corrected chi connectivity index (χ3v) is 7.20. The smallest absolute Gasteiger partial charge is 0.324 e. The van der Waals surface area contributed by atoms with E-state index in [2.05, 4.69) is 21.9 Å². The van der Waals surface area contributed by atoms with Gasteiger partial charge in [-0.15, -0.1) is 0 Å². The van der Waals surface area contributed by atoms with Crippen LogP contribution >= 0.6 is 0 Å². The second-order valence-corrected chi connectivity index (χ2v) is 9.57. The Labute approximate surface area is 235 Å². The maximum absolute atomic E-state index is 12.8. The highest BCUT2D eigenvalue weighted by atomic mass is 16.6. The first kappa shape index (κ1) is 31.3. The van der Waals surface area contributed by atoms with Gasteiger partial charge in [-0.2, -0.15) is 0 Å². The molecular formula is C26H33N5O10. The molecule has 2 saturated heterocycles. The summed E-state index contributed by atoms with van der Waals surface area (Å²) in [6, 6.07) is 11.1. The molecule has 2 aromatic carbocycles. The fourth-order valence-corrected chi connectivity index (χ4v) is 4.88. The van der Waals surface area contributed by atoms with Gasteiger partial charge >= 0.3 is 17.3 Å². The van der Waals surface area contributed by atoms with E-state index in [1.807, 2.05) is 25.1 Å². The lowest BCUT2D eigenvalue weighted by molar-refractivity contribution is -0.404. The summed E-state index contributed by atoms with van der Waals surface area (Å²) < 4.78 is 10.9. The van der Waals surface area contributed by atoms with Gasteiger partial charge in [0, 0.05) is 26.2 Å². The summed E-state index contributed by atoms with van der Waals surface area (Å²) >= 11 is 0. The number of nitro groups is 3. The summed E-state index contributed by atoms with van der Waals surface area (Å²) in [7, 11) is 0. The predicted molar refractivity (Wildman–Crippen MR) is 146 cm³/mol. The third-order valence-electron chi connectivity index (χ3n) is 7.20. The Morgan fingerprint density at radius 1 is 0.902 bits per heavy atom. The van der Waals surface area contributed by atoms with Crippen LogP contribution in [-0.2, 0) is 19.7 Å². The molecule has 2 aromatic rings. The van der Waals surface area contributed by atoms with Gasteiger partial charge in [-0.25, -0.2) is 0 Å². The van der Waals surface area contributed by atoms with E-state index in [1.54, 1.807) is 0 Å². The van der Waals surface area contributed by atoms with E-state index in [1.165, 1.54) is 0 Å². The van der Waals surface area contributed by atoms with Gasteiger partial charge in [0.25, 0.3) is 11.4 Å². The van der Waals surface area contributed by atoms with Crippen LogP contribution in [0.5, 0.6) is 5.75 Å². The number of benzene rings is 2. The number of aromatic hydroxyl groups is 1. The van der Waals surface area contributed by atoms with E-state index in [4.69, 9.17) is 14.6 Å². The molecule has 222 valence electrons. The Morgan fingerprint density at radius 2 is 1.41 bits per heavy atom. The van der Waals surface area contributed by atoms with Crippen LogP contribution in [0.1, 0.15) is 25.3 Å². The van der Waals surface area contributed by atoms with Crippen molar-refractivity contribution >= 4 is 23.0 Å². The number of esters is 1. The monoisotopic (exact) mass is 575 g/mol. The van der Waals surface area contributed by atoms with Gasteiger partial charge in [-0.3, -0.25) is 40.0 Å². The summed E-state index contributed by atoms with van der Waals surface area (Å²) in [5, 5.41) is 40.2. The molecule has 2 aliphatic heterocycles. The molecule has 0 spiro atoms. The van der Waals surface area contributed by atoms with Crippen molar-refractivity contribution in [3.63, 3.8) is 0 Å². The zero-order chi connectivity index (χ0) is 30.0. The number of hydrogen-bond donors (Lipinski definition) is 1. The van der Waals surface area contributed by atoms with Crippen molar-refractivity contribution in [1.82, 2.24) is 9.80 Å². The lowest BCUT2D eigenvalue weighted by Gasteiger charge is -2.41.